The summed E-state index contributed by atoms with van der Waals surface area (Å²) in [4.78, 5) is 14.2. The zero-order chi connectivity index (χ0) is 23.2. The number of nitrogens with zero attached hydrogens (tertiary/aromatic N) is 5. The Kier molecular flexibility index (Phi) is 5.31. The van der Waals surface area contributed by atoms with Gasteiger partial charge in [0.05, 0.1) is 24.8 Å². The van der Waals surface area contributed by atoms with Crippen molar-refractivity contribution in [2.75, 3.05) is 7.11 Å². The van der Waals surface area contributed by atoms with Crippen LogP contribution in [0, 0.1) is 6.92 Å². The topological polar surface area (TPSA) is 57.8 Å². The monoisotopic (exact) mass is 441 g/mol. The van der Waals surface area contributed by atoms with E-state index in [0.29, 0.717) is 11.8 Å². The highest BCUT2D eigenvalue weighted by Crippen LogP contribution is 2.36. The van der Waals surface area contributed by atoms with Gasteiger partial charge in [0.2, 0.25) is 5.88 Å². The smallest absolute Gasteiger partial charge is 0.238 e. The molecule has 0 fully saturated rings. The van der Waals surface area contributed by atoms with Crippen molar-refractivity contribution in [3.63, 3.8) is 0 Å². The molecule has 4 aromatic rings. The van der Waals surface area contributed by atoms with Crippen molar-refractivity contribution < 1.29 is 4.74 Å². The molecule has 0 amide bonds. The largest absolute Gasteiger partial charge is 0.479 e. The van der Waals surface area contributed by atoms with Gasteiger partial charge in [-0.05, 0) is 48.4 Å². The second kappa shape index (κ2) is 8.18. The van der Waals surface area contributed by atoms with Crippen LogP contribution in [0.5, 0.6) is 5.88 Å². The predicted octanol–water partition coefficient (Wildman–Crippen LogP) is 5.67. The van der Waals surface area contributed by atoms with E-state index in [-0.39, 0.29) is 5.41 Å². The maximum absolute atomic E-state index is 5.61. The van der Waals surface area contributed by atoms with Crippen molar-refractivity contribution in [1.29, 1.82) is 0 Å². The molecule has 33 heavy (non-hydrogen) atoms. The van der Waals surface area contributed by atoms with Crippen LogP contribution in [0.3, 0.4) is 0 Å². The van der Waals surface area contributed by atoms with Gasteiger partial charge in [-0.25, -0.2) is 15.0 Å². The number of fused-ring (bicyclic) bond motifs is 1. The van der Waals surface area contributed by atoms with Gasteiger partial charge in [-0.3, -0.25) is 0 Å². The lowest BCUT2D eigenvalue weighted by atomic mass is 9.84. The molecule has 0 aliphatic carbocycles. The van der Waals surface area contributed by atoms with Gasteiger partial charge in [0.1, 0.15) is 17.2 Å². The number of hydrogen-bond donors (Lipinski definition) is 0. The Morgan fingerprint density at radius 2 is 1.76 bits per heavy atom. The molecule has 170 valence electrons. The zero-order valence-electron chi connectivity index (χ0n) is 20.0. The van der Waals surface area contributed by atoms with Gasteiger partial charge in [-0.2, -0.15) is 0 Å². The highest BCUT2D eigenvalue weighted by molar-refractivity contribution is 5.59. The fourth-order valence-electron chi connectivity index (χ4n) is 4.61. The van der Waals surface area contributed by atoms with Crippen molar-refractivity contribution >= 4 is 0 Å². The van der Waals surface area contributed by atoms with E-state index in [1.54, 1.807) is 13.4 Å². The molecular weight excluding hydrogens is 410 g/mol. The number of pyridine rings is 1. The number of rotatable bonds is 4. The molecule has 0 spiro atoms. The van der Waals surface area contributed by atoms with Crippen LogP contribution in [-0.2, 0) is 12.0 Å². The molecule has 0 saturated carbocycles. The summed E-state index contributed by atoms with van der Waals surface area (Å²) in [6.07, 6.45) is 8.13. The second-order valence-electron chi connectivity index (χ2n) is 9.89. The number of benzene rings is 1. The van der Waals surface area contributed by atoms with Crippen LogP contribution >= 0.6 is 0 Å². The third-order valence-corrected chi connectivity index (χ3v) is 6.48. The van der Waals surface area contributed by atoms with E-state index in [4.69, 9.17) is 14.7 Å². The van der Waals surface area contributed by atoms with Crippen molar-refractivity contribution in [3.05, 3.63) is 77.8 Å². The average Bonchev–Trinajstić information content (AvgIpc) is 3.44. The van der Waals surface area contributed by atoms with E-state index < -0.39 is 0 Å². The highest BCUT2D eigenvalue weighted by Gasteiger charge is 2.26. The van der Waals surface area contributed by atoms with Gasteiger partial charge in [0.25, 0.3) is 0 Å². The Balaban J connectivity index is 1.48. The number of hydrogen-bond acceptors (Lipinski definition) is 4. The standard InChI is InChI=1S/C27H31N5O/c1-18-15-32(17-28-18)24-13-12-22(30-26(24)33-5)23-16-31-14-6-7-21(25(31)29-23)19-8-10-20(11-9-19)27(2,3)4/h8-13,15-17,21H,6-7,14H2,1-5H3/t21-/m1/s1. The number of aromatic nitrogens is 5. The highest BCUT2D eigenvalue weighted by atomic mass is 16.5. The molecule has 1 aromatic carbocycles. The molecule has 6 nitrogen and oxygen atoms in total. The molecule has 4 heterocycles. The fourth-order valence-corrected chi connectivity index (χ4v) is 4.61. The molecule has 1 aliphatic heterocycles. The summed E-state index contributed by atoms with van der Waals surface area (Å²) in [6, 6.07) is 13.1. The first-order chi connectivity index (χ1) is 15.8. The normalized spacial score (nSPS) is 16.0. The van der Waals surface area contributed by atoms with Crippen molar-refractivity contribution in [1.82, 2.24) is 24.1 Å². The summed E-state index contributed by atoms with van der Waals surface area (Å²) < 4.78 is 9.83. The molecule has 0 radical (unpaired) electrons. The first-order valence-corrected chi connectivity index (χ1v) is 11.6. The molecule has 6 heteroatoms. The molecule has 0 saturated heterocycles. The van der Waals surface area contributed by atoms with Gasteiger partial charge in [0, 0.05) is 24.9 Å². The molecule has 1 aliphatic rings. The summed E-state index contributed by atoms with van der Waals surface area (Å²) in [6.45, 7) is 9.71. The first-order valence-electron chi connectivity index (χ1n) is 11.6. The molecule has 0 unspecified atom stereocenters. The Bertz CT molecular complexity index is 1280. The Labute approximate surface area is 195 Å². The van der Waals surface area contributed by atoms with Gasteiger partial charge in [-0.15, -0.1) is 0 Å². The minimum atomic E-state index is 0.156. The summed E-state index contributed by atoms with van der Waals surface area (Å²) in [7, 11) is 1.65. The summed E-state index contributed by atoms with van der Waals surface area (Å²) in [5.41, 5.74) is 6.36. The van der Waals surface area contributed by atoms with Gasteiger partial charge in [0.15, 0.2) is 0 Å². The van der Waals surface area contributed by atoms with Crippen molar-refractivity contribution in [2.45, 2.75) is 58.4 Å². The van der Waals surface area contributed by atoms with Gasteiger partial charge < -0.3 is 13.9 Å². The third kappa shape index (κ3) is 4.06. The molecule has 0 bridgehead atoms. The van der Waals surface area contributed by atoms with E-state index >= 15 is 0 Å². The summed E-state index contributed by atoms with van der Waals surface area (Å²) >= 11 is 0. The summed E-state index contributed by atoms with van der Waals surface area (Å²) in [5.74, 6) is 1.98. The van der Waals surface area contributed by atoms with E-state index in [9.17, 15) is 0 Å². The van der Waals surface area contributed by atoms with Crippen LogP contribution in [0.4, 0.5) is 0 Å². The average molecular weight is 442 g/mol. The SMILES string of the molecule is COc1nc(-c2cn3c(n2)[C@@H](c2ccc(C(C)(C)C)cc2)CCC3)ccc1-n1cnc(C)c1. The van der Waals surface area contributed by atoms with Gasteiger partial charge in [-0.1, -0.05) is 45.0 Å². The van der Waals surface area contributed by atoms with Crippen LogP contribution in [0.25, 0.3) is 17.1 Å². The number of ether oxygens (including phenoxy) is 1. The van der Waals surface area contributed by atoms with Crippen LogP contribution < -0.4 is 4.74 Å². The van der Waals surface area contributed by atoms with Crippen molar-refractivity contribution in [3.8, 4) is 23.0 Å². The van der Waals surface area contributed by atoms with E-state index in [2.05, 4.69) is 60.8 Å². The third-order valence-electron chi connectivity index (χ3n) is 6.48. The zero-order valence-corrected chi connectivity index (χ0v) is 20.0. The molecule has 3 aromatic heterocycles. The lowest BCUT2D eigenvalue weighted by Gasteiger charge is -2.25. The Morgan fingerprint density at radius 3 is 2.42 bits per heavy atom. The second-order valence-corrected chi connectivity index (χ2v) is 9.89. The quantitative estimate of drug-likeness (QED) is 0.409. The van der Waals surface area contributed by atoms with Crippen LogP contribution in [0.2, 0.25) is 0 Å². The maximum atomic E-state index is 5.61. The molecule has 5 rings (SSSR count). The fraction of sp³-hybridized carbons (Fsp3) is 0.370. The lowest BCUT2D eigenvalue weighted by Crippen LogP contribution is -2.17. The molecule has 0 N–H and O–H groups in total. The molecule has 1 atom stereocenters. The van der Waals surface area contributed by atoms with Crippen LogP contribution in [-0.4, -0.2) is 31.2 Å². The van der Waals surface area contributed by atoms with E-state index in [1.807, 2.05) is 29.8 Å². The lowest BCUT2D eigenvalue weighted by molar-refractivity contribution is 0.396. The Hall–Kier alpha value is -3.41. The van der Waals surface area contributed by atoms with Crippen molar-refractivity contribution in [2.24, 2.45) is 0 Å². The number of aryl methyl sites for hydroxylation is 2. The number of imidazole rings is 2. The van der Waals surface area contributed by atoms with Crippen LogP contribution in [0.15, 0.2) is 55.1 Å². The van der Waals surface area contributed by atoms with E-state index in [1.165, 1.54) is 11.1 Å². The number of methoxy groups -OCH3 is 1. The minimum Gasteiger partial charge on any atom is -0.479 e. The molecular formula is C27H31N5O. The van der Waals surface area contributed by atoms with E-state index in [0.717, 1.165) is 48.0 Å². The first kappa shape index (κ1) is 21.4. The maximum Gasteiger partial charge on any atom is 0.238 e. The predicted molar refractivity (Wildman–Crippen MR) is 130 cm³/mol. The minimum absolute atomic E-state index is 0.156. The summed E-state index contributed by atoms with van der Waals surface area (Å²) in [5, 5.41) is 0. The van der Waals surface area contributed by atoms with Gasteiger partial charge >= 0.3 is 0 Å². The van der Waals surface area contributed by atoms with Crippen LogP contribution in [0.1, 0.15) is 62.2 Å². The Morgan fingerprint density at radius 1 is 0.970 bits per heavy atom.